The Hall–Kier alpha value is -3.22. The monoisotopic (exact) mass is 406 g/mol. The molecule has 0 spiro atoms. The van der Waals surface area contributed by atoms with Gasteiger partial charge in [-0.3, -0.25) is 0 Å². The lowest BCUT2D eigenvalue weighted by atomic mass is 10.1. The molecule has 1 aliphatic rings. The van der Waals surface area contributed by atoms with E-state index >= 15 is 0 Å². The summed E-state index contributed by atoms with van der Waals surface area (Å²) >= 11 is 0. The van der Waals surface area contributed by atoms with Crippen molar-refractivity contribution < 1.29 is 8.42 Å². The van der Waals surface area contributed by atoms with Crippen LogP contribution >= 0.6 is 0 Å². The summed E-state index contributed by atoms with van der Waals surface area (Å²) in [4.78, 5) is 12.2. The first-order valence-electron chi connectivity index (χ1n) is 9.37. The van der Waals surface area contributed by atoms with Crippen LogP contribution in [0.2, 0.25) is 0 Å². The van der Waals surface area contributed by atoms with Gasteiger partial charge in [0.25, 0.3) is 0 Å². The first kappa shape index (κ1) is 17.8. The van der Waals surface area contributed by atoms with E-state index in [0.717, 1.165) is 34.9 Å². The third-order valence-electron chi connectivity index (χ3n) is 5.49. The Morgan fingerprint density at radius 3 is 2.79 bits per heavy atom. The highest BCUT2D eigenvalue weighted by Crippen LogP contribution is 2.31. The molecule has 5 rings (SSSR count). The summed E-state index contributed by atoms with van der Waals surface area (Å²) in [5.41, 5.74) is 3.00. The van der Waals surface area contributed by atoms with Gasteiger partial charge in [-0.2, -0.15) is 9.57 Å². The molecule has 0 aliphatic carbocycles. The first-order valence-corrected chi connectivity index (χ1v) is 10.8. The van der Waals surface area contributed by atoms with E-state index in [1.165, 1.54) is 28.6 Å². The van der Waals surface area contributed by atoms with Gasteiger partial charge >= 0.3 is 0 Å². The highest BCUT2D eigenvalue weighted by molar-refractivity contribution is 7.89. The Bertz CT molecular complexity index is 1350. The number of aromatic nitrogens is 4. The quantitative estimate of drug-likeness (QED) is 0.563. The van der Waals surface area contributed by atoms with Crippen LogP contribution in [0.3, 0.4) is 0 Å². The molecule has 4 heterocycles. The topological polar surface area (TPSA) is 108 Å². The molecule has 0 saturated carbocycles. The number of rotatable bonds is 3. The molecule has 0 radical (unpaired) electrons. The number of nitrogens with zero attached hydrogens (tertiary/aromatic N) is 5. The molecule has 4 aromatic rings. The van der Waals surface area contributed by atoms with Crippen molar-refractivity contribution in [3.63, 3.8) is 0 Å². The van der Waals surface area contributed by atoms with E-state index < -0.39 is 10.0 Å². The van der Waals surface area contributed by atoms with Gasteiger partial charge in [0.05, 0.1) is 34.6 Å². The van der Waals surface area contributed by atoms with Crippen molar-refractivity contribution >= 4 is 32.1 Å². The van der Waals surface area contributed by atoms with Gasteiger partial charge in [0.15, 0.2) is 0 Å². The van der Waals surface area contributed by atoms with Crippen LogP contribution in [-0.2, 0) is 10.0 Å². The molecule has 1 atom stereocenters. The molecule has 1 N–H and O–H groups in total. The van der Waals surface area contributed by atoms with E-state index in [0.29, 0.717) is 18.7 Å². The van der Waals surface area contributed by atoms with Crippen LogP contribution in [0, 0.1) is 11.3 Å². The van der Waals surface area contributed by atoms with Crippen LogP contribution in [0.1, 0.15) is 24.4 Å². The predicted octanol–water partition coefficient (Wildman–Crippen LogP) is 2.81. The third-order valence-corrected chi connectivity index (χ3v) is 7.37. The summed E-state index contributed by atoms with van der Waals surface area (Å²) in [6.07, 6.45) is 7.00. The summed E-state index contributed by atoms with van der Waals surface area (Å²) in [6, 6.07) is 10.0. The van der Waals surface area contributed by atoms with Crippen LogP contribution in [-0.4, -0.2) is 45.3 Å². The zero-order valence-corrected chi connectivity index (χ0v) is 16.3. The number of fused-ring (bicyclic) bond motifs is 3. The summed E-state index contributed by atoms with van der Waals surface area (Å²) < 4.78 is 29.9. The second kappa shape index (κ2) is 6.69. The molecule has 9 heteroatoms. The maximum Gasteiger partial charge on any atom is 0.243 e. The van der Waals surface area contributed by atoms with Crippen molar-refractivity contribution in [2.75, 3.05) is 13.1 Å². The van der Waals surface area contributed by atoms with Gasteiger partial charge in [-0.05, 0) is 43.2 Å². The van der Waals surface area contributed by atoms with Gasteiger partial charge in [-0.1, -0.05) is 0 Å². The Balaban J connectivity index is 1.50. The molecule has 1 saturated heterocycles. The minimum atomic E-state index is -3.62. The zero-order chi connectivity index (χ0) is 20.0. The fourth-order valence-corrected chi connectivity index (χ4v) is 5.54. The van der Waals surface area contributed by atoms with Crippen molar-refractivity contribution in [3.05, 3.63) is 54.6 Å². The fourth-order valence-electron chi connectivity index (χ4n) is 4.02. The highest BCUT2D eigenvalue weighted by atomic mass is 32.2. The van der Waals surface area contributed by atoms with E-state index in [1.807, 2.05) is 18.3 Å². The molecule has 8 nitrogen and oxygen atoms in total. The standard InChI is InChI=1S/C20H18N6O2S/c21-10-14-3-5-16(6-4-14)29(27,28)25-9-1-2-15(12-25)26-13-24-18-11-23-20-17(19(18)26)7-8-22-20/h3-8,11,13,15H,1-2,9,12H2,(H,22,23)/t15-/m1/s1. The molecule has 146 valence electrons. The molecule has 29 heavy (non-hydrogen) atoms. The van der Waals surface area contributed by atoms with Crippen molar-refractivity contribution in [1.29, 1.82) is 5.26 Å². The van der Waals surface area contributed by atoms with E-state index in [9.17, 15) is 8.42 Å². The van der Waals surface area contributed by atoms with E-state index in [-0.39, 0.29) is 10.9 Å². The molecule has 1 aliphatic heterocycles. The van der Waals surface area contributed by atoms with Gasteiger partial charge in [0.2, 0.25) is 10.0 Å². The fraction of sp³-hybridized carbons (Fsp3) is 0.250. The van der Waals surface area contributed by atoms with Crippen molar-refractivity contribution in [1.82, 2.24) is 23.8 Å². The Morgan fingerprint density at radius 2 is 2.00 bits per heavy atom. The number of nitriles is 1. The number of hydrogen-bond acceptors (Lipinski definition) is 5. The van der Waals surface area contributed by atoms with E-state index in [1.54, 1.807) is 12.5 Å². The smallest absolute Gasteiger partial charge is 0.243 e. The summed E-state index contributed by atoms with van der Waals surface area (Å²) in [7, 11) is -3.62. The van der Waals surface area contributed by atoms with Gasteiger partial charge in [0, 0.05) is 30.7 Å². The number of imidazole rings is 1. The second-order valence-corrected chi connectivity index (χ2v) is 9.12. The van der Waals surface area contributed by atoms with Crippen molar-refractivity contribution in [3.8, 4) is 6.07 Å². The molecule has 1 fully saturated rings. The molecular weight excluding hydrogens is 388 g/mol. The van der Waals surface area contributed by atoms with Crippen molar-refractivity contribution in [2.45, 2.75) is 23.8 Å². The molecule has 1 aromatic carbocycles. The number of piperidine rings is 1. The van der Waals surface area contributed by atoms with E-state index in [2.05, 4.69) is 19.5 Å². The highest BCUT2D eigenvalue weighted by Gasteiger charge is 2.31. The normalized spacial score (nSPS) is 18.2. The van der Waals surface area contributed by atoms with Gasteiger partial charge in [-0.15, -0.1) is 0 Å². The maximum absolute atomic E-state index is 13.1. The summed E-state index contributed by atoms with van der Waals surface area (Å²) in [5, 5.41) is 9.92. The first-order chi connectivity index (χ1) is 14.1. The van der Waals surface area contributed by atoms with Gasteiger partial charge in [0.1, 0.15) is 11.2 Å². The van der Waals surface area contributed by atoms with Crippen LogP contribution in [0.4, 0.5) is 0 Å². The summed E-state index contributed by atoms with van der Waals surface area (Å²) in [5.74, 6) is 0. The lowest BCUT2D eigenvalue weighted by Crippen LogP contribution is -2.40. The average molecular weight is 406 g/mol. The minimum absolute atomic E-state index is 0.0117. The number of nitrogens with one attached hydrogen (secondary N) is 1. The number of aromatic amines is 1. The Kier molecular flexibility index (Phi) is 4.12. The lowest BCUT2D eigenvalue weighted by Gasteiger charge is -2.33. The van der Waals surface area contributed by atoms with Crippen LogP contribution in [0.25, 0.3) is 22.1 Å². The second-order valence-electron chi connectivity index (χ2n) is 7.18. The van der Waals surface area contributed by atoms with Crippen LogP contribution in [0.15, 0.2) is 53.9 Å². The lowest BCUT2D eigenvalue weighted by molar-refractivity contribution is 0.270. The molecule has 3 aromatic heterocycles. The van der Waals surface area contributed by atoms with Crippen molar-refractivity contribution in [2.24, 2.45) is 0 Å². The number of pyridine rings is 1. The molecule has 0 amide bonds. The van der Waals surface area contributed by atoms with Crippen LogP contribution < -0.4 is 0 Å². The largest absolute Gasteiger partial charge is 0.346 e. The van der Waals surface area contributed by atoms with Gasteiger partial charge in [-0.25, -0.2) is 18.4 Å². The maximum atomic E-state index is 13.1. The SMILES string of the molecule is N#Cc1ccc(S(=O)(=O)N2CCC[C@@H](n3cnc4cnc5[nH]ccc5c43)C2)cc1. The third kappa shape index (κ3) is 2.88. The van der Waals surface area contributed by atoms with Gasteiger partial charge < -0.3 is 9.55 Å². The zero-order valence-electron chi connectivity index (χ0n) is 15.5. The Labute approximate surface area is 167 Å². The van der Waals surface area contributed by atoms with Crippen LogP contribution in [0.5, 0.6) is 0 Å². The predicted molar refractivity (Wildman–Crippen MR) is 108 cm³/mol. The summed E-state index contributed by atoms with van der Waals surface area (Å²) in [6.45, 7) is 0.856. The minimum Gasteiger partial charge on any atom is -0.346 e. The molecule has 0 unspecified atom stereocenters. The van der Waals surface area contributed by atoms with E-state index in [4.69, 9.17) is 5.26 Å². The number of hydrogen-bond donors (Lipinski definition) is 1. The molecule has 0 bridgehead atoms. The average Bonchev–Trinajstić information content (AvgIpc) is 3.40. The Morgan fingerprint density at radius 1 is 1.17 bits per heavy atom. The number of sulfonamides is 1. The number of H-pyrrole nitrogens is 1. The molecular formula is C20H18N6O2S. The number of benzene rings is 1.